The number of carbonyl (C=O) groups is 1. The Balaban J connectivity index is 1.99. The highest BCUT2D eigenvalue weighted by Crippen LogP contribution is 2.04. The van der Waals surface area contributed by atoms with E-state index >= 15 is 0 Å². The summed E-state index contributed by atoms with van der Waals surface area (Å²) >= 11 is 0. The summed E-state index contributed by atoms with van der Waals surface area (Å²) in [5, 5.41) is 20.5. The van der Waals surface area contributed by atoms with E-state index in [0.717, 1.165) is 13.0 Å². The molecule has 2 N–H and O–H groups in total. The molecule has 8 nitrogen and oxygen atoms in total. The zero-order valence-electron chi connectivity index (χ0n) is 10.4. The summed E-state index contributed by atoms with van der Waals surface area (Å²) in [5.41, 5.74) is 0.189. The Hall–Kier alpha value is -2.64. The summed E-state index contributed by atoms with van der Waals surface area (Å²) < 4.78 is 0. The van der Waals surface area contributed by atoms with Gasteiger partial charge in [0, 0.05) is 6.54 Å². The smallest absolute Gasteiger partial charge is 0.278 e. The normalized spacial score (nSPS) is 9.95. The van der Waals surface area contributed by atoms with Gasteiger partial charge >= 0.3 is 0 Å². The van der Waals surface area contributed by atoms with Crippen LogP contribution in [0.5, 0.6) is 0 Å². The predicted octanol–water partition coefficient (Wildman–Crippen LogP) is 0.736. The Morgan fingerprint density at radius 2 is 2.11 bits per heavy atom. The van der Waals surface area contributed by atoms with Gasteiger partial charge in [-0.1, -0.05) is 6.92 Å². The first kappa shape index (κ1) is 12.8. The van der Waals surface area contributed by atoms with Gasteiger partial charge in [0.05, 0.1) is 12.4 Å². The maximum Gasteiger partial charge on any atom is 0.278 e. The molecule has 0 spiro atoms. The van der Waals surface area contributed by atoms with Crippen LogP contribution in [0.25, 0.3) is 0 Å². The number of anilines is 2. The molecule has 0 saturated heterocycles. The van der Waals surface area contributed by atoms with Crippen LogP contribution in [0.4, 0.5) is 11.8 Å². The number of amides is 1. The summed E-state index contributed by atoms with van der Waals surface area (Å²) in [6.07, 6.45) is 3.85. The average molecular weight is 259 g/mol. The lowest BCUT2D eigenvalue weighted by molar-refractivity contribution is 0.102. The van der Waals surface area contributed by atoms with Gasteiger partial charge in [-0.2, -0.15) is 5.10 Å². The first-order chi connectivity index (χ1) is 9.29. The van der Waals surface area contributed by atoms with Crippen LogP contribution >= 0.6 is 0 Å². The lowest BCUT2D eigenvalue weighted by Gasteiger charge is -2.04. The first-order valence-corrected chi connectivity index (χ1v) is 5.82. The molecule has 0 radical (unpaired) electrons. The number of carbonyl (C=O) groups excluding carboxylic acids is 1. The third kappa shape index (κ3) is 3.66. The van der Waals surface area contributed by atoms with Gasteiger partial charge in [-0.3, -0.25) is 10.1 Å². The van der Waals surface area contributed by atoms with E-state index in [-0.39, 0.29) is 11.6 Å². The molecule has 0 aliphatic carbocycles. The van der Waals surface area contributed by atoms with Crippen LogP contribution in [0.15, 0.2) is 24.5 Å². The quantitative estimate of drug-likeness (QED) is 0.815. The van der Waals surface area contributed by atoms with Crippen molar-refractivity contribution in [3.63, 3.8) is 0 Å². The highest BCUT2D eigenvalue weighted by Gasteiger charge is 2.09. The maximum atomic E-state index is 11.8. The fourth-order valence-electron chi connectivity index (χ4n) is 1.27. The van der Waals surface area contributed by atoms with E-state index in [0.29, 0.717) is 5.82 Å². The second-order valence-electron chi connectivity index (χ2n) is 3.65. The molecule has 19 heavy (non-hydrogen) atoms. The number of hydrogen-bond donors (Lipinski definition) is 2. The Bertz CT molecular complexity index is 528. The number of nitrogens with zero attached hydrogens (tertiary/aromatic N) is 5. The lowest BCUT2D eigenvalue weighted by Crippen LogP contribution is -2.16. The molecule has 0 fully saturated rings. The third-order valence-electron chi connectivity index (χ3n) is 2.16. The second kappa shape index (κ2) is 6.34. The fourth-order valence-corrected chi connectivity index (χ4v) is 1.27. The molecule has 2 aromatic rings. The summed E-state index contributed by atoms with van der Waals surface area (Å²) in [6, 6.07) is 3.28. The first-order valence-electron chi connectivity index (χ1n) is 5.82. The van der Waals surface area contributed by atoms with Crippen molar-refractivity contribution < 1.29 is 4.79 Å². The largest absolute Gasteiger partial charge is 0.369 e. The molecule has 2 rings (SSSR count). The van der Waals surface area contributed by atoms with Gasteiger partial charge in [0.1, 0.15) is 5.82 Å². The van der Waals surface area contributed by atoms with Gasteiger partial charge in [0.25, 0.3) is 5.91 Å². The van der Waals surface area contributed by atoms with Gasteiger partial charge in [-0.25, -0.2) is 4.98 Å². The van der Waals surface area contributed by atoms with Crippen molar-refractivity contribution in [2.24, 2.45) is 0 Å². The Morgan fingerprint density at radius 1 is 1.21 bits per heavy atom. The molecule has 0 bridgehead atoms. The fraction of sp³-hybridized carbons (Fsp3) is 0.273. The lowest BCUT2D eigenvalue weighted by atomic mass is 10.3. The maximum absolute atomic E-state index is 11.8. The number of hydrogen-bond acceptors (Lipinski definition) is 7. The molecule has 2 aromatic heterocycles. The van der Waals surface area contributed by atoms with Crippen molar-refractivity contribution in [1.29, 1.82) is 0 Å². The van der Waals surface area contributed by atoms with E-state index in [4.69, 9.17) is 0 Å². The van der Waals surface area contributed by atoms with Gasteiger partial charge in [-0.05, 0) is 18.6 Å². The second-order valence-corrected chi connectivity index (χ2v) is 3.65. The Kier molecular flexibility index (Phi) is 4.27. The van der Waals surface area contributed by atoms with E-state index in [1.54, 1.807) is 12.1 Å². The minimum Gasteiger partial charge on any atom is -0.369 e. The number of aromatic nitrogens is 5. The van der Waals surface area contributed by atoms with Crippen LogP contribution in [0.1, 0.15) is 23.8 Å². The average Bonchev–Trinajstić information content (AvgIpc) is 2.46. The van der Waals surface area contributed by atoms with E-state index in [1.165, 1.54) is 12.4 Å². The zero-order chi connectivity index (χ0) is 13.5. The van der Waals surface area contributed by atoms with Crippen LogP contribution in [0.3, 0.4) is 0 Å². The Morgan fingerprint density at radius 3 is 2.74 bits per heavy atom. The standard InChI is InChI=1S/C11H13N7O/c1-2-5-12-9-4-3-8(16-17-9)10(19)15-11-13-6-7-14-18-11/h3-4,6-7H,2,5H2,1H3,(H,12,17)(H,13,15,18,19). The summed E-state index contributed by atoms with van der Waals surface area (Å²) in [5.74, 6) is 0.334. The molecule has 2 heterocycles. The number of rotatable bonds is 5. The van der Waals surface area contributed by atoms with E-state index in [2.05, 4.69) is 42.9 Å². The van der Waals surface area contributed by atoms with E-state index < -0.39 is 5.91 Å². The molecule has 0 saturated carbocycles. The topological polar surface area (TPSA) is 106 Å². The van der Waals surface area contributed by atoms with Crippen molar-refractivity contribution in [3.05, 3.63) is 30.2 Å². The van der Waals surface area contributed by atoms with Gasteiger partial charge < -0.3 is 5.32 Å². The van der Waals surface area contributed by atoms with Gasteiger partial charge in [0.15, 0.2) is 5.69 Å². The van der Waals surface area contributed by atoms with Crippen molar-refractivity contribution in [1.82, 2.24) is 25.4 Å². The van der Waals surface area contributed by atoms with Gasteiger partial charge in [-0.15, -0.1) is 15.3 Å². The summed E-state index contributed by atoms with van der Waals surface area (Å²) in [7, 11) is 0. The van der Waals surface area contributed by atoms with E-state index in [1.807, 2.05) is 0 Å². The highest BCUT2D eigenvalue weighted by atomic mass is 16.2. The molecule has 0 unspecified atom stereocenters. The monoisotopic (exact) mass is 259 g/mol. The summed E-state index contributed by atoms with van der Waals surface area (Å²) in [6.45, 7) is 2.86. The molecular formula is C11H13N7O. The van der Waals surface area contributed by atoms with Crippen LogP contribution < -0.4 is 10.6 Å². The Labute approximate surface area is 109 Å². The molecule has 8 heteroatoms. The summed E-state index contributed by atoms with van der Waals surface area (Å²) in [4.78, 5) is 15.6. The van der Waals surface area contributed by atoms with E-state index in [9.17, 15) is 4.79 Å². The zero-order valence-corrected chi connectivity index (χ0v) is 10.4. The molecule has 0 aromatic carbocycles. The molecule has 98 valence electrons. The van der Waals surface area contributed by atoms with Crippen molar-refractivity contribution in [2.75, 3.05) is 17.2 Å². The van der Waals surface area contributed by atoms with Crippen molar-refractivity contribution >= 4 is 17.7 Å². The van der Waals surface area contributed by atoms with Crippen molar-refractivity contribution in [3.8, 4) is 0 Å². The van der Waals surface area contributed by atoms with Crippen LogP contribution in [0.2, 0.25) is 0 Å². The molecule has 0 aliphatic rings. The third-order valence-corrected chi connectivity index (χ3v) is 2.16. The van der Waals surface area contributed by atoms with Crippen molar-refractivity contribution in [2.45, 2.75) is 13.3 Å². The highest BCUT2D eigenvalue weighted by molar-refractivity contribution is 6.01. The van der Waals surface area contributed by atoms with Crippen LogP contribution in [-0.2, 0) is 0 Å². The molecular weight excluding hydrogens is 246 g/mol. The minimum atomic E-state index is -0.428. The van der Waals surface area contributed by atoms with Crippen LogP contribution in [0, 0.1) is 0 Å². The molecule has 0 atom stereocenters. The number of nitrogens with one attached hydrogen (secondary N) is 2. The van der Waals surface area contributed by atoms with Gasteiger partial charge in [0.2, 0.25) is 5.95 Å². The minimum absolute atomic E-state index is 0.127. The predicted molar refractivity (Wildman–Crippen MR) is 68.6 cm³/mol. The molecule has 1 amide bonds. The SMILES string of the molecule is CCCNc1ccc(C(=O)Nc2nccnn2)nn1. The molecule has 0 aliphatic heterocycles. The van der Waals surface area contributed by atoms with Crippen LogP contribution in [-0.4, -0.2) is 37.8 Å².